The van der Waals surface area contributed by atoms with E-state index in [1.807, 2.05) is 19.1 Å². The van der Waals surface area contributed by atoms with Gasteiger partial charge in [-0.25, -0.2) is 0 Å². The van der Waals surface area contributed by atoms with Gasteiger partial charge in [0.15, 0.2) is 0 Å². The largest absolute Gasteiger partial charge is 0.326 e. The molecule has 6 nitrogen and oxygen atoms in total. The Morgan fingerprint density at radius 3 is 2.44 bits per heavy atom. The van der Waals surface area contributed by atoms with Crippen molar-refractivity contribution in [3.63, 3.8) is 0 Å². The van der Waals surface area contributed by atoms with Crippen molar-refractivity contribution in [3.05, 3.63) is 87.9 Å². The smallest absolute Gasteiger partial charge is 0.259 e. The van der Waals surface area contributed by atoms with E-state index in [1.54, 1.807) is 48.5 Å². The molecule has 3 aromatic carbocycles. The highest BCUT2D eigenvalue weighted by Gasteiger charge is 2.38. The van der Waals surface area contributed by atoms with Crippen molar-refractivity contribution >= 4 is 58.0 Å². The first-order chi connectivity index (χ1) is 15.3. The molecule has 8 heteroatoms. The molecular weight excluding hydrogens is 449 g/mol. The Morgan fingerprint density at radius 2 is 1.72 bits per heavy atom. The van der Waals surface area contributed by atoms with Gasteiger partial charge in [0.25, 0.3) is 5.91 Å². The summed E-state index contributed by atoms with van der Waals surface area (Å²) in [5.41, 5.74) is 2.92. The molecule has 0 fully saturated rings. The van der Waals surface area contributed by atoms with Gasteiger partial charge in [0, 0.05) is 11.3 Å². The molecule has 1 aliphatic heterocycles. The van der Waals surface area contributed by atoms with Crippen molar-refractivity contribution in [1.29, 1.82) is 0 Å². The van der Waals surface area contributed by atoms with Gasteiger partial charge in [-0.2, -0.15) is 0 Å². The lowest BCUT2D eigenvalue weighted by Gasteiger charge is -2.36. The maximum atomic E-state index is 13.4. The summed E-state index contributed by atoms with van der Waals surface area (Å²) in [7, 11) is 0. The molecule has 0 spiro atoms. The van der Waals surface area contributed by atoms with Crippen molar-refractivity contribution in [1.82, 2.24) is 0 Å². The highest BCUT2D eigenvalue weighted by atomic mass is 35.5. The van der Waals surface area contributed by atoms with Crippen LogP contribution in [0.4, 0.5) is 17.1 Å². The van der Waals surface area contributed by atoms with E-state index in [1.165, 1.54) is 11.0 Å². The van der Waals surface area contributed by atoms with Crippen molar-refractivity contribution in [2.24, 2.45) is 0 Å². The van der Waals surface area contributed by atoms with Gasteiger partial charge in [-0.15, -0.1) is 0 Å². The number of amides is 3. The van der Waals surface area contributed by atoms with Gasteiger partial charge in [-0.3, -0.25) is 19.3 Å². The minimum absolute atomic E-state index is 0.238. The first kappa shape index (κ1) is 21.9. The van der Waals surface area contributed by atoms with Crippen molar-refractivity contribution in [2.45, 2.75) is 19.4 Å². The first-order valence-corrected chi connectivity index (χ1v) is 10.6. The van der Waals surface area contributed by atoms with E-state index in [0.29, 0.717) is 32.7 Å². The monoisotopic (exact) mass is 467 g/mol. The number of carbonyl (C=O) groups excluding carboxylic acids is 3. The molecule has 3 aromatic rings. The van der Waals surface area contributed by atoms with Crippen molar-refractivity contribution < 1.29 is 14.4 Å². The average molecular weight is 468 g/mol. The summed E-state index contributed by atoms with van der Waals surface area (Å²) < 4.78 is 0. The molecule has 1 aliphatic rings. The Morgan fingerprint density at radius 1 is 1.00 bits per heavy atom. The van der Waals surface area contributed by atoms with Gasteiger partial charge in [0.1, 0.15) is 6.04 Å². The summed E-state index contributed by atoms with van der Waals surface area (Å²) in [5, 5.41) is 6.16. The SMILES string of the molecule is Cc1ccc(C(=O)N2c3ccccc3NC(=O)[C@H]2CC(=O)Nc2ccc(Cl)c(Cl)c2)cc1. The highest BCUT2D eigenvalue weighted by molar-refractivity contribution is 6.42. The second-order valence-electron chi connectivity index (χ2n) is 7.44. The topological polar surface area (TPSA) is 78.5 Å². The van der Waals surface area contributed by atoms with Gasteiger partial charge < -0.3 is 10.6 Å². The molecule has 0 radical (unpaired) electrons. The number of carbonyl (C=O) groups is 3. The number of aryl methyl sites for hydroxylation is 1. The van der Waals surface area contributed by atoms with Crippen LogP contribution in [0.5, 0.6) is 0 Å². The van der Waals surface area contributed by atoms with E-state index < -0.39 is 17.9 Å². The maximum absolute atomic E-state index is 13.4. The predicted octanol–water partition coefficient (Wildman–Crippen LogP) is 5.30. The summed E-state index contributed by atoms with van der Waals surface area (Å²) in [6.45, 7) is 1.92. The molecule has 0 aliphatic carbocycles. The summed E-state index contributed by atoms with van der Waals surface area (Å²) in [6, 6.07) is 17.7. The summed E-state index contributed by atoms with van der Waals surface area (Å²) in [4.78, 5) is 40.5. The van der Waals surface area contributed by atoms with E-state index in [-0.39, 0.29) is 12.3 Å². The van der Waals surface area contributed by atoms with Crippen LogP contribution in [0.3, 0.4) is 0 Å². The number of rotatable bonds is 4. The molecule has 32 heavy (non-hydrogen) atoms. The molecule has 0 bridgehead atoms. The lowest BCUT2D eigenvalue weighted by Crippen LogP contribution is -2.52. The second kappa shape index (κ2) is 9.02. The van der Waals surface area contributed by atoms with Gasteiger partial charge in [-0.1, -0.05) is 53.0 Å². The zero-order valence-electron chi connectivity index (χ0n) is 17.1. The Hall–Kier alpha value is -3.35. The van der Waals surface area contributed by atoms with E-state index >= 15 is 0 Å². The molecule has 0 saturated heterocycles. The summed E-state index contributed by atoms with van der Waals surface area (Å²) in [5.74, 6) is -1.24. The zero-order chi connectivity index (χ0) is 22.8. The number of nitrogens with zero attached hydrogens (tertiary/aromatic N) is 1. The van der Waals surface area contributed by atoms with Crippen LogP contribution >= 0.6 is 23.2 Å². The van der Waals surface area contributed by atoms with Crippen LogP contribution < -0.4 is 15.5 Å². The van der Waals surface area contributed by atoms with Gasteiger partial charge >= 0.3 is 0 Å². The lowest BCUT2D eigenvalue weighted by molar-refractivity contribution is -0.122. The number of fused-ring (bicyclic) bond motifs is 1. The lowest BCUT2D eigenvalue weighted by atomic mass is 10.0. The molecular formula is C24H19Cl2N3O3. The normalized spacial score (nSPS) is 15.0. The van der Waals surface area contributed by atoms with Crippen LogP contribution in [0.15, 0.2) is 66.7 Å². The number of hydrogen-bond donors (Lipinski definition) is 2. The molecule has 0 aromatic heterocycles. The number of para-hydroxylation sites is 2. The minimum Gasteiger partial charge on any atom is -0.326 e. The first-order valence-electron chi connectivity index (χ1n) is 9.88. The summed E-state index contributed by atoms with van der Waals surface area (Å²) in [6.07, 6.45) is -0.238. The molecule has 0 saturated carbocycles. The van der Waals surface area contributed by atoms with E-state index in [2.05, 4.69) is 10.6 Å². The van der Waals surface area contributed by atoms with Crippen LogP contribution in [-0.2, 0) is 9.59 Å². The third kappa shape index (κ3) is 4.47. The van der Waals surface area contributed by atoms with E-state index in [0.717, 1.165) is 5.56 Å². The molecule has 0 unspecified atom stereocenters. The van der Waals surface area contributed by atoms with Crippen molar-refractivity contribution in [3.8, 4) is 0 Å². The fraction of sp³-hybridized carbons (Fsp3) is 0.125. The van der Waals surface area contributed by atoms with Gasteiger partial charge in [0.05, 0.1) is 27.8 Å². The Bertz CT molecular complexity index is 1210. The fourth-order valence-electron chi connectivity index (χ4n) is 3.52. The number of nitrogens with one attached hydrogen (secondary N) is 2. The number of halogens is 2. The number of hydrogen-bond acceptors (Lipinski definition) is 3. The molecule has 3 amide bonds. The second-order valence-corrected chi connectivity index (χ2v) is 8.26. The Labute approximate surface area is 195 Å². The van der Waals surface area contributed by atoms with Gasteiger partial charge in [0.2, 0.25) is 11.8 Å². The van der Waals surface area contributed by atoms with Crippen LogP contribution in [0.25, 0.3) is 0 Å². The maximum Gasteiger partial charge on any atom is 0.259 e. The van der Waals surface area contributed by atoms with E-state index in [4.69, 9.17) is 23.2 Å². The van der Waals surface area contributed by atoms with Crippen molar-refractivity contribution in [2.75, 3.05) is 15.5 Å². The van der Waals surface area contributed by atoms with Gasteiger partial charge in [-0.05, 0) is 49.4 Å². The quantitative estimate of drug-likeness (QED) is 0.546. The zero-order valence-corrected chi connectivity index (χ0v) is 18.6. The third-order valence-electron chi connectivity index (χ3n) is 5.14. The van der Waals surface area contributed by atoms with Crippen LogP contribution in [0.2, 0.25) is 10.0 Å². The molecule has 1 heterocycles. The van der Waals surface area contributed by atoms with Crippen LogP contribution in [-0.4, -0.2) is 23.8 Å². The fourth-order valence-corrected chi connectivity index (χ4v) is 3.82. The summed E-state index contributed by atoms with van der Waals surface area (Å²) >= 11 is 11.9. The predicted molar refractivity (Wildman–Crippen MR) is 127 cm³/mol. The Kier molecular flexibility index (Phi) is 6.17. The standard InChI is InChI=1S/C24H19Cl2N3O3/c1-14-6-8-15(9-7-14)24(32)29-20-5-3-2-4-19(20)28-23(31)21(29)13-22(30)27-16-10-11-17(25)18(26)12-16/h2-12,21H,13H2,1H3,(H,27,30)(H,28,31)/t21-/m1/s1. The average Bonchev–Trinajstić information content (AvgIpc) is 2.77. The molecule has 4 rings (SSSR count). The highest BCUT2D eigenvalue weighted by Crippen LogP contribution is 2.34. The number of anilines is 3. The number of benzene rings is 3. The molecule has 2 N–H and O–H groups in total. The third-order valence-corrected chi connectivity index (χ3v) is 5.87. The molecule has 162 valence electrons. The van der Waals surface area contributed by atoms with E-state index in [9.17, 15) is 14.4 Å². The minimum atomic E-state index is -1.03. The van der Waals surface area contributed by atoms with Crippen LogP contribution in [0.1, 0.15) is 22.3 Å². The Balaban J connectivity index is 1.64. The molecule has 1 atom stereocenters. The van der Waals surface area contributed by atoms with Crippen LogP contribution in [0, 0.1) is 6.92 Å².